The lowest BCUT2D eigenvalue weighted by Crippen LogP contribution is -2.40. The molecule has 3 aliphatic heterocycles. The Bertz CT molecular complexity index is 711. The van der Waals surface area contributed by atoms with Gasteiger partial charge in [-0.15, -0.1) is 0 Å². The highest BCUT2D eigenvalue weighted by Crippen LogP contribution is 2.48. The maximum Gasteiger partial charge on any atom is 0.341 e. The van der Waals surface area contributed by atoms with Crippen molar-refractivity contribution in [2.24, 2.45) is 5.92 Å². The van der Waals surface area contributed by atoms with Crippen LogP contribution in [0.5, 0.6) is 0 Å². The molecule has 1 aliphatic carbocycles. The zero-order valence-electron chi connectivity index (χ0n) is 15.7. The predicted molar refractivity (Wildman–Crippen MR) is 92.2 cm³/mol. The summed E-state index contributed by atoms with van der Waals surface area (Å²) in [6, 6.07) is 0. The zero-order valence-corrected chi connectivity index (χ0v) is 15.7. The van der Waals surface area contributed by atoms with Gasteiger partial charge >= 0.3 is 11.9 Å². The Kier molecular flexibility index (Phi) is 3.87. The van der Waals surface area contributed by atoms with Crippen LogP contribution in [0.3, 0.4) is 0 Å². The lowest BCUT2D eigenvalue weighted by atomic mass is 9.82. The van der Waals surface area contributed by atoms with Crippen molar-refractivity contribution >= 4 is 11.9 Å². The van der Waals surface area contributed by atoms with Crippen LogP contribution < -0.4 is 0 Å². The van der Waals surface area contributed by atoms with Gasteiger partial charge in [0.25, 0.3) is 0 Å². The van der Waals surface area contributed by atoms with E-state index in [1.54, 1.807) is 6.92 Å². The lowest BCUT2D eigenvalue weighted by Gasteiger charge is -2.29. The van der Waals surface area contributed by atoms with Gasteiger partial charge in [0.15, 0.2) is 5.60 Å². The van der Waals surface area contributed by atoms with Gasteiger partial charge in [0.1, 0.15) is 12.2 Å². The number of carbonyl (C=O) groups excluding carboxylic acids is 2. The van der Waals surface area contributed by atoms with E-state index >= 15 is 0 Å². The van der Waals surface area contributed by atoms with Crippen molar-refractivity contribution in [3.05, 3.63) is 23.8 Å². The van der Waals surface area contributed by atoms with E-state index in [1.807, 2.05) is 26.8 Å². The molecule has 3 heterocycles. The fourth-order valence-electron chi connectivity index (χ4n) is 4.18. The molecule has 0 bridgehead atoms. The van der Waals surface area contributed by atoms with Gasteiger partial charge in [-0.1, -0.05) is 12.2 Å². The van der Waals surface area contributed by atoms with Gasteiger partial charge in [0.2, 0.25) is 0 Å². The summed E-state index contributed by atoms with van der Waals surface area (Å²) in [5, 5.41) is 0. The number of carbonyl (C=O) groups is 2. The Morgan fingerprint density at radius 2 is 2.04 bits per heavy atom. The van der Waals surface area contributed by atoms with Crippen LogP contribution in [0, 0.1) is 5.92 Å². The average Bonchev–Trinajstić information content (AvgIpc) is 3.36. The van der Waals surface area contributed by atoms with E-state index in [0.29, 0.717) is 12.0 Å². The molecular formula is C20H26O6. The molecule has 0 spiro atoms. The van der Waals surface area contributed by atoms with Crippen LogP contribution in [-0.2, 0) is 28.5 Å². The predicted octanol–water partition coefficient (Wildman–Crippen LogP) is 2.46. The molecule has 6 heteroatoms. The van der Waals surface area contributed by atoms with Crippen LogP contribution >= 0.6 is 0 Å². The van der Waals surface area contributed by atoms with Gasteiger partial charge in [-0.3, -0.25) is 0 Å². The second-order valence-electron chi connectivity index (χ2n) is 8.41. The molecule has 26 heavy (non-hydrogen) atoms. The summed E-state index contributed by atoms with van der Waals surface area (Å²) < 4.78 is 22.7. The van der Waals surface area contributed by atoms with E-state index in [-0.39, 0.29) is 17.8 Å². The van der Waals surface area contributed by atoms with E-state index < -0.39 is 35.7 Å². The minimum atomic E-state index is -0.911. The first-order chi connectivity index (χ1) is 12.1. The summed E-state index contributed by atoms with van der Waals surface area (Å²) in [5.41, 5.74) is 0.230. The molecule has 4 aliphatic rings. The Morgan fingerprint density at radius 1 is 1.35 bits per heavy atom. The van der Waals surface area contributed by atoms with Crippen molar-refractivity contribution in [3.63, 3.8) is 0 Å². The molecule has 0 N–H and O–H groups in total. The van der Waals surface area contributed by atoms with E-state index in [0.717, 1.165) is 18.4 Å². The molecule has 0 aromatic rings. The van der Waals surface area contributed by atoms with Crippen molar-refractivity contribution < 1.29 is 28.5 Å². The van der Waals surface area contributed by atoms with Gasteiger partial charge in [0, 0.05) is 12.0 Å². The monoisotopic (exact) mass is 362 g/mol. The fraction of sp³-hybridized carbons (Fsp3) is 0.700. The van der Waals surface area contributed by atoms with Crippen LogP contribution in [0.15, 0.2) is 23.8 Å². The molecule has 142 valence electrons. The maximum absolute atomic E-state index is 12.7. The quantitative estimate of drug-likeness (QED) is 0.325. The van der Waals surface area contributed by atoms with Crippen LogP contribution in [-0.4, -0.2) is 47.6 Å². The Labute approximate surface area is 153 Å². The summed E-state index contributed by atoms with van der Waals surface area (Å²) in [4.78, 5) is 24.8. The number of rotatable bonds is 2. The Morgan fingerprint density at radius 3 is 2.69 bits per heavy atom. The zero-order chi connectivity index (χ0) is 18.9. The maximum atomic E-state index is 12.7. The molecule has 3 saturated heterocycles. The molecule has 7 atom stereocenters. The first kappa shape index (κ1) is 17.7. The first-order valence-electron chi connectivity index (χ1n) is 9.28. The molecule has 0 radical (unpaired) electrons. The van der Waals surface area contributed by atoms with E-state index in [9.17, 15) is 9.59 Å². The minimum absolute atomic E-state index is 0.140. The van der Waals surface area contributed by atoms with Gasteiger partial charge in [-0.05, 0) is 46.6 Å². The summed E-state index contributed by atoms with van der Waals surface area (Å²) >= 11 is 0. The number of epoxide rings is 2. The largest absolute Gasteiger partial charge is 0.459 e. The average molecular weight is 362 g/mol. The van der Waals surface area contributed by atoms with Crippen LogP contribution in [0.4, 0.5) is 0 Å². The molecular weight excluding hydrogens is 336 g/mol. The SMILES string of the molecule is C=C1C(=O)O[C@@H]2/C=C(/C)CC[C@H]3O[C@]3(C)C[C@@H](OC(=O)[C@]3(C)O[C@@H]3C)[C@@H]12. The van der Waals surface area contributed by atoms with Crippen LogP contribution in [0.1, 0.15) is 47.0 Å². The van der Waals surface area contributed by atoms with E-state index in [1.165, 1.54) is 0 Å². The number of fused-ring (bicyclic) bond motifs is 2. The number of hydrogen-bond donors (Lipinski definition) is 0. The van der Waals surface area contributed by atoms with Gasteiger partial charge < -0.3 is 18.9 Å². The fourth-order valence-corrected chi connectivity index (χ4v) is 4.18. The normalized spacial score (nSPS) is 49.2. The Balaban J connectivity index is 1.65. The molecule has 0 saturated carbocycles. The van der Waals surface area contributed by atoms with Crippen LogP contribution in [0.2, 0.25) is 0 Å². The number of hydrogen-bond acceptors (Lipinski definition) is 6. The van der Waals surface area contributed by atoms with Crippen molar-refractivity contribution in [2.45, 2.75) is 82.6 Å². The summed E-state index contributed by atoms with van der Waals surface area (Å²) in [6.07, 6.45) is 3.24. The van der Waals surface area contributed by atoms with Crippen molar-refractivity contribution in [1.29, 1.82) is 0 Å². The molecule has 3 fully saturated rings. The minimum Gasteiger partial charge on any atom is -0.459 e. The molecule has 0 aromatic heterocycles. The van der Waals surface area contributed by atoms with Gasteiger partial charge in [0.05, 0.1) is 23.7 Å². The first-order valence-corrected chi connectivity index (χ1v) is 9.28. The third-order valence-electron chi connectivity index (χ3n) is 6.36. The molecule has 0 unspecified atom stereocenters. The molecule has 6 nitrogen and oxygen atoms in total. The number of allylic oxidation sites excluding steroid dienone is 1. The summed E-state index contributed by atoms with van der Waals surface area (Å²) in [7, 11) is 0. The highest BCUT2D eigenvalue weighted by atomic mass is 16.7. The standard InChI is InChI=1S/C20H26O6/c1-10-6-7-15-19(4,26-15)9-14(24-18(22)20(5)12(3)25-20)16-11(2)17(21)23-13(16)8-10/h8,12-16H,2,6-7,9H2,1,3-5H3/b10-8-/t12-,13-,14-,15-,16+,19-,20-/m1/s1. The molecule has 0 aromatic carbocycles. The highest BCUT2D eigenvalue weighted by molar-refractivity contribution is 5.91. The third kappa shape index (κ3) is 2.79. The van der Waals surface area contributed by atoms with Crippen LogP contribution in [0.25, 0.3) is 0 Å². The lowest BCUT2D eigenvalue weighted by molar-refractivity contribution is -0.159. The Hall–Kier alpha value is -1.66. The smallest absolute Gasteiger partial charge is 0.341 e. The van der Waals surface area contributed by atoms with Crippen molar-refractivity contribution in [1.82, 2.24) is 0 Å². The van der Waals surface area contributed by atoms with Crippen molar-refractivity contribution in [3.8, 4) is 0 Å². The second kappa shape index (κ2) is 5.67. The third-order valence-corrected chi connectivity index (χ3v) is 6.36. The summed E-state index contributed by atoms with van der Waals surface area (Å²) in [6.45, 7) is 11.5. The van der Waals surface area contributed by atoms with Crippen molar-refractivity contribution in [2.75, 3.05) is 0 Å². The molecule has 4 rings (SSSR count). The highest BCUT2D eigenvalue weighted by Gasteiger charge is 2.60. The summed E-state index contributed by atoms with van der Waals surface area (Å²) in [5.74, 6) is -1.23. The van der Waals surface area contributed by atoms with Gasteiger partial charge in [-0.2, -0.15) is 0 Å². The molecule has 0 amide bonds. The van der Waals surface area contributed by atoms with E-state index in [2.05, 4.69) is 6.58 Å². The second-order valence-corrected chi connectivity index (χ2v) is 8.41. The van der Waals surface area contributed by atoms with Gasteiger partial charge in [-0.25, -0.2) is 9.59 Å². The number of esters is 2. The number of ether oxygens (including phenoxy) is 4. The van der Waals surface area contributed by atoms with E-state index in [4.69, 9.17) is 18.9 Å². The topological polar surface area (TPSA) is 77.7 Å².